The number of nitrogens with zero attached hydrogens (tertiary/aromatic N) is 2. The van der Waals surface area contributed by atoms with Crippen molar-refractivity contribution in [1.82, 2.24) is 9.21 Å². The zero-order valence-electron chi connectivity index (χ0n) is 8.77. The molecular weight excluding hydrogens is 204 g/mol. The number of morpholine rings is 1. The summed E-state index contributed by atoms with van der Waals surface area (Å²) >= 11 is 0. The highest BCUT2D eigenvalue weighted by atomic mass is 32.2. The van der Waals surface area contributed by atoms with Gasteiger partial charge in [-0.1, -0.05) is 6.92 Å². The van der Waals surface area contributed by atoms with E-state index in [2.05, 4.69) is 4.90 Å². The molecule has 1 saturated heterocycles. The first-order valence-electron chi connectivity index (χ1n) is 4.79. The Morgan fingerprint density at radius 3 is 2.36 bits per heavy atom. The van der Waals surface area contributed by atoms with Gasteiger partial charge in [0.15, 0.2) is 0 Å². The standard InChI is InChI=1S/C8H18N2O3S/c1-3-10(14(2,11)12)8-9-4-6-13-7-5-9/h3-8H2,1-2H3. The molecule has 1 heterocycles. The molecule has 0 spiro atoms. The van der Waals surface area contributed by atoms with Crippen LogP contribution in [0.2, 0.25) is 0 Å². The van der Waals surface area contributed by atoms with Gasteiger partial charge in [-0.2, -0.15) is 4.31 Å². The molecule has 1 aliphatic heterocycles. The molecule has 6 heteroatoms. The van der Waals surface area contributed by atoms with Crippen LogP contribution in [0.1, 0.15) is 6.92 Å². The summed E-state index contributed by atoms with van der Waals surface area (Å²) < 4.78 is 29.3. The third-order valence-electron chi connectivity index (χ3n) is 2.28. The Labute approximate surface area is 85.7 Å². The van der Waals surface area contributed by atoms with E-state index in [1.165, 1.54) is 10.6 Å². The topological polar surface area (TPSA) is 49.9 Å². The van der Waals surface area contributed by atoms with Gasteiger partial charge in [0.05, 0.1) is 26.1 Å². The van der Waals surface area contributed by atoms with E-state index in [-0.39, 0.29) is 0 Å². The predicted molar refractivity (Wildman–Crippen MR) is 54.5 cm³/mol. The van der Waals surface area contributed by atoms with E-state index in [1.807, 2.05) is 6.92 Å². The second kappa shape index (κ2) is 5.06. The van der Waals surface area contributed by atoms with Gasteiger partial charge in [-0.15, -0.1) is 0 Å². The molecule has 0 amide bonds. The molecule has 0 saturated carbocycles. The van der Waals surface area contributed by atoms with Crippen LogP contribution in [0.4, 0.5) is 0 Å². The molecule has 0 aliphatic carbocycles. The molecule has 0 atom stereocenters. The van der Waals surface area contributed by atoms with Crippen LogP contribution >= 0.6 is 0 Å². The van der Waals surface area contributed by atoms with Gasteiger partial charge in [-0.3, -0.25) is 4.90 Å². The van der Waals surface area contributed by atoms with Crippen molar-refractivity contribution in [1.29, 1.82) is 0 Å². The zero-order chi connectivity index (χ0) is 10.6. The Morgan fingerprint density at radius 2 is 1.93 bits per heavy atom. The summed E-state index contributed by atoms with van der Waals surface area (Å²) in [7, 11) is -3.06. The molecule has 0 N–H and O–H groups in total. The quantitative estimate of drug-likeness (QED) is 0.647. The SMILES string of the molecule is CCN(CN1CCOCC1)S(C)(=O)=O. The normalized spacial score (nSPS) is 20.2. The van der Waals surface area contributed by atoms with Gasteiger partial charge in [0.2, 0.25) is 10.0 Å². The van der Waals surface area contributed by atoms with Crippen molar-refractivity contribution in [3.63, 3.8) is 0 Å². The summed E-state index contributed by atoms with van der Waals surface area (Å²) in [6.07, 6.45) is 1.25. The first kappa shape index (κ1) is 11.9. The summed E-state index contributed by atoms with van der Waals surface area (Å²) in [4.78, 5) is 2.09. The summed E-state index contributed by atoms with van der Waals surface area (Å²) in [6.45, 7) is 5.87. The van der Waals surface area contributed by atoms with Gasteiger partial charge in [0, 0.05) is 19.6 Å². The minimum Gasteiger partial charge on any atom is -0.379 e. The molecule has 0 aromatic carbocycles. The van der Waals surface area contributed by atoms with Crippen molar-refractivity contribution in [2.75, 3.05) is 45.8 Å². The first-order chi connectivity index (χ1) is 6.54. The largest absolute Gasteiger partial charge is 0.379 e. The molecule has 0 unspecified atom stereocenters. The number of hydrogen-bond acceptors (Lipinski definition) is 4. The number of ether oxygens (including phenoxy) is 1. The second-order valence-corrected chi connectivity index (χ2v) is 5.39. The average molecular weight is 222 g/mol. The van der Waals surface area contributed by atoms with E-state index >= 15 is 0 Å². The fraction of sp³-hybridized carbons (Fsp3) is 1.00. The summed E-state index contributed by atoms with van der Waals surface area (Å²) in [6, 6.07) is 0. The number of hydrogen-bond donors (Lipinski definition) is 0. The van der Waals surface area contributed by atoms with E-state index in [4.69, 9.17) is 4.74 Å². The fourth-order valence-corrected chi connectivity index (χ4v) is 2.25. The van der Waals surface area contributed by atoms with Gasteiger partial charge in [0.25, 0.3) is 0 Å². The Kier molecular flexibility index (Phi) is 4.31. The van der Waals surface area contributed by atoms with Crippen LogP contribution in [0.25, 0.3) is 0 Å². The van der Waals surface area contributed by atoms with Gasteiger partial charge in [-0.05, 0) is 0 Å². The maximum atomic E-state index is 11.3. The Balaban J connectivity index is 2.47. The van der Waals surface area contributed by atoms with Gasteiger partial charge in [-0.25, -0.2) is 8.42 Å². The smallest absolute Gasteiger partial charge is 0.212 e. The molecule has 0 aromatic heterocycles. The van der Waals surface area contributed by atoms with E-state index < -0.39 is 10.0 Å². The van der Waals surface area contributed by atoms with Crippen LogP contribution in [-0.4, -0.2) is 63.4 Å². The zero-order valence-corrected chi connectivity index (χ0v) is 9.59. The van der Waals surface area contributed by atoms with Crippen LogP contribution < -0.4 is 0 Å². The minimum atomic E-state index is -3.06. The Bertz CT molecular complexity index is 260. The summed E-state index contributed by atoms with van der Waals surface area (Å²) in [5.41, 5.74) is 0. The lowest BCUT2D eigenvalue weighted by molar-refractivity contribution is 0.0238. The highest BCUT2D eigenvalue weighted by Crippen LogP contribution is 2.03. The number of sulfonamides is 1. The van der Waals surface area contributed by atoms with E-state index in [9.17, 15) is 8.42 Å². The van der Waals surface area contributed by atoms with E-state index in [0.717, 1.165) is 13.1 Å². The van der Waals surface area contributed by atoms with Crippen molar-refractivity contribution in [3.8, 4) is 0 Å². The minimum absolute atomic E-state index is 0.485. The molecule has 84 valence electrons. The van der Waals surface area contributed by atoms with Crippen molar-refractivity contribution in [2.45, 2.75) is 6.92 Å². The molecule has 0 bridgehead atoms. The average Bonchev–Trinajstić information content (AvgIpc) is 2.14. The third-order valence-corrected chi connectivity index (χ3v) is 3.59. The monoisotopic (exact) mass is 222 g/mol. The fourth-order valence-electron chi connectivity index (χ4n) is 1.41. The maximum Gasteiger partial charge on any atom is 0.212 e. The molecule has 0 aromatic rings. The van der Waals surface area contributed by atoms with Crippen LogP contribution in [0.5, 0.6) is 0 Å². The lowest BCUT2D eigenvalue weighted by atomic mass is 10.4. The van der Waals surface area contributed by atoms with Crippen LogP contribution in [0, 0.1) is 0 Å². The first-order valence-corrected chi connectivity index (χ1v) is 6.64. The highest BCUT2D eigenvalue weighted by Gasteiger charge is 2.19. The number of rotatable bonds is 4. The van der Waals surface area contributed by atoms with E-state index in [0.29, 0.717) is 26.4 Å². The molecule has 0 radical (unpaired) electrons. The molecule has 14 heavy (non-hydrogen) atoms. The van der Waals surface area contributed by atoms with Gasteiger partial charge in [0.1, 0.15) is 0 Å². The van der Waals surface area contributed by atoms with E-state index in [1.54, 1.807) is 0 Å². The second-order valence-electron chi connectivity index (χ2n) is 3.40. The lowest BCUT2D eigenvalue weighted by Crippen LogP contribution is -2.45. The van der Waals surface area contributed by atoms with Crippen molar-refractivity contribution < 1.29 is 13.2 Å². The molecule has 1 aliphatic rings. The highest BCUT2D eigenvalue weighted by molar-refractivity contribution is 7.88. The molecule has 1 rings (SSSR count). The van der Waals surface area contributed by atoms with Crippen molar-refractivity contribution in [2.24, 2.45) is 0 Å². The molecular formula is C8H18N2O3S. The summed E-state index contributed by atoms with van der Waals surface area (Å²) in [5, 5.41) is 0. The van der Waals surface area contributed by atoms with Gasteiger partial charge >= 0.3 is 0 Å². The van der Waals surface area contributed by atoms with Crippen molar-refractivity contribution in [3.05, 3.63) is 0 Å². The van der Waals surface area contributed by atoms with Crippen LogP contribution in [0.3, 0.4) is 0 Å². The van der Waals surface area contributed by atoms with Gasteiger partial charge < -0.3 is 4.74 Å². The Morgan fingerprint density at radius 1 is 1.36 bits per heavy atom. The predicted octanol–water partition coefficient (Wildman–Crippen LogP) is -0.442. The third kappa shape index (κ3) is 3.53. The van der Waals surface area contributed by atoms with Crippen molar-refractivity contribution >= 4 is 10.0 Å². The molecule has 1 fully saturated rings. The van der Waals surface area contributed by atoms with Crippen LogP contribution in [-0.2, 0) is 14.8 Å². The maximum absolute atomic E-state index is 11.3. The molecule has 5 nitrogen and oxygen atoms in total. The summed E-state index contributed by atoms with van der Waals surface area (Å²) in [5.74, 6) is 0. The van der Waals surface area contributed by atoms with Crippen LogP contribution in [0.15, 0.2) is 0 Å². The Hall–Kier alpha value is -0.170. The lowest BCUT2D eigenvalue weighted by Gasteiger charge is -2.30.